The van der Waals surface area contributed by atoms with E-state index in [9.17, 15) is 13.2 Å². The predicted octanol–water partition coefficient (Wildman–Crippen LogP) is 0.907. The van der Waals surface area contributed by atoms with Gasteiger partial charge >= 0.3 is 5.97 Å². The van der Waals surface area contributed by atoms with Gasteiger partial charge < -0.3 is 4.74 Å². The molecule has 0 aromatic rings. The van der Waals surface area contributed by atoms with E-state index in [2.05, 4.69) is 4.74 Å². The molecule has 0 saturated heterocycles. The summed E-state index contributed by atoms with van der Waals surface area (Å²) in [4.78, 5) is 11.1. The Balaban J connectivity index is 1.96. The Morgan fingerprint density at radius 1 is 1.40 bits per heavy atom. The standard InChI is InChI=1S/C10H16O4S/c1-14-9(11)6-10(4-5-10)7-15(12,13)8-2-3-8/h8H,2-7H2,1H3. The SMILES string of the molecule is COC(=O)CC1(CS(=O)(=O)C2CC2)CC1. The maximum Gasteiger partial charge on any atom is 0.306 e. The Bertz CT molecular complexity index is 363. The van der Waals surface area contributed by atoms with Crippen LogP contribution in [0.15, 0.2) is 0 Å². The van der Waals surface area contributed by atoms with Crippen LogP contribution in [0.2, 0.25) is 0 Å². The van der Waals surface area contributed by atoms with Crippen molar-refractivity contribution >= 4 is 15.8 Å². The van der Waals surface area contributed by atoms with Crippen LogP contribution >= 0.6 is 0 Å². The fraction of sp³-hybridized carbons (Fsp3) is 0.900. The lowest BCUT2D eigenvalue weighted by molar-refractivity contribution is -0.141. The van der Waals surface area contributed by atoms with Gasteiger partial charge in [0.2, 0.25) is 0 Å². The third kappa shape index (κ3) is 2.51. The summed E-state index contributed by atoms with van der Waals surface area (Å²) in [6.07, 6.45) is 3.55. The van der Waals surface area contributed by atoms with E-state index in [1.54, 1.807) is 0 Å². The average Bonchev–Trinajstić information content (AvgIpc) is 2.94. The molecule has 0 unspecified atom stereocenters. The first kappa shape index (κ1) is 10.9. The van der Waals surface area contributed by atoms with E-state index in [1.807, 2.05) is 0 Å². The van der Waals surface area contributed by atoms with Crippen molar-refractivity contribution in [3.63, 3.8) is 0 Å². The number of methoxy groups -OCH3 is 1. The van der Waals surface area contributed by atoms with Gasteiger partial charge in [-0.1, -0.05) is 0 Å². The molecule has 0 bridgehead atoms. The molecule has 0 N–H and O–H groups in total. The van der Waals surface area contributed by atoms with Crippen molar-refractivity contribution in [2.24, 2.45) is 5.41 Å². The van der Waals surface area contributed by atoms with Crippen molar-refractivity contribution < 1.29 is 17.9 Å². The lowest BCUT2D eigenvalue weighted by Gasteiger charge is -2.13. The Morgan fingerprint density at radius 2 is 2.00 bits per heavy atom. The highest BCUT2D eigenvalue weighted by Crippen LogP contribution is 2.51. The molecule has 2 aliphatic rings. The Kier molecular flexibility index (Phi) is 2.53. The lowest BCUT2D eigenvalue weighted by atomic mass is 10.1. The van der Waals surface area contributed by atoms with Gasteiger partial charge in [0.05, 0.1) is 24.5 Å². The summed E-state index contributed by atoms with van der Waals surface area (Å²) >= 11 is 0. The molecule has 0 aromatic carbocycles. The van der Waals surface area contributed by atoms with Gasteiger partial charge in [0.25, 0.3) is 0 Å². The number of ether oxygens (including phenoxy) is 1. The molecule has 5 heteroatoms. The summed E-state index contributed by atoms with van der Waals surface area (Å²) < 4.78 is 28.1. The molecule has 0 spiro atoms. The van der Waals surface area contributed by atoms with Crippen molar-refractivity contribution in [2.45, 2.75) is 37.4 Å². The first-order chi connectivity index (χ1) is 6.97. The maximum absolute atomic E-state index is 11.8. The second kappa shape index (κ2) is 3.47. The van der Waals surface area contributed by atoms with E-state index in [0.717, 1.165) is 25.7 Å². The van der Waals surface area contributed by atoms with E-state index in [4.69, 9.17) is 0 Å². The zero-order chi connectivity index (χ0) is 11.1. The molecule has 2 saturated carbocycles. The molecule has 15 heavy (non-hydrogen) atoms. The Hall–Kier alpha value is -0.580. The number of hydrogen-bond donors (Lipinski definition) is 0. The molecule has 4 nitrogen and oxygen atoms in total. The van der Waals surface area contributed by atoms with Crippen LogP contribution in [0.4, 0.5) is 0 Å². The van der Waals surface area contributed by atoms with Crippen molar-refractivity contribution in [1.29, 1.82) is 0 Å². The normalized spacial score (nSPS) is 23.5. The van der Waals surface area contributed by atoms with Gasteiger partial charge in [-0.15, -0.1) is 0 Å². The molecule has 0 amide bonds. The monoisotopic (exact) mass is 232 g/mol. The lowest BCUT2D eigenvalue weighted by Crippen LogP contribution is -2.23. The second-order valence-corrected chi connectivity index (χ2v) is 7.04. The molecule has 0 radical (unpaired) electrons. The molecule has 2 fully saturated rings. The molecule has 0 aliphatic heterocycles. The number of sulfone groups is 1. The van der Waals surface area contributed by atoms with Crippen LogP contribution in [0.5, 0.6) is 0 Å². The zero-order valence-electron chi connectivity index (χ0n) is 8.86. The number of carbonyl (C=O) groups excluding carboxylic acids is 1. The topological polar surface area (TPSA) is 60.4 Å². The molecule has 0 aromatic heterocycles. The van der Waals surface area contributed by atoms with Crippen molar-refractivity contribution in [3.05, 3.63) is 0 Å². The van der Waals surface area contributed by atoms with Crippen molar-refractivity contribution in [2.75, 3.05) is 12.9 Å². The molecular weight excluding hydrogens is 216 g/mol. The molecule has 0 atom stereocenters. The third-order valence-electron chi connectivity index (χ3n) is 3.24. The van der Waals surface area contributed by atoms with Crippen LogP contribution in [0, 0.1) is 5.41 Å². The van der Waals surface area contributed by atoms with Gasteiger partial charge in [0.1, 0.15) is 0 Å². The molecule has 86 valence electrons. The third-order valence-corrected chi connectivity index (χ3v) is 5.75. The summed E-state index contributed by atoms with van der Waals surface area (Å²) in [5.41, 5.74) is -0.283. The van der Waals surface area contributed by atoms with E-state index in [1.165, 1.54) is 7.11 Å². The number of hydrogen-bond acceptors (Lipinski definition) is 4. The quantitative estimate of drug-likeness (QED) is 0.661. The van der Waals surface area contributed by atoms with Gasteiger partial charge in [-0.05, 0) is 31.1 Å². The van der Waals surface area contributed by atoms with Crippen LogP contribution < -0.4 is 0 Å². The molecule has 2 rings (SSSR count). The molecule has 0 heterocycles. The van der Waals surface area contributed by atoms with E-state index < -0.39 is 9.84 Å². The van der Waals surface area contributed by atoms with Crippen LogP contribution in [-0.2, 0) is 19.4 Å². The largest absolute Gasteiger partial charge is 0.469 e. The van der Waals surface area contributed by atoms with E-state index in [0.29, 0.717) is 0 Å². The maximum atomic E-state index is 11.8. The van der Waals surface area contributed by atoms with Gasteiger partial charge in [-0.2, -0.15) is 0 Å². The summed E-state index contributed by atoms with van der Waals surface area (Å²) in [6, 6.07) is 0. The minimum atomic E-state index is -2.94. The highest BCUT2D eigenvalue weighted by atomic mass is 32.2. The minimum absolute atomic E-state index is 0.118. The minimum Gasteiger partial charge on any atom is -0.469 e. The van der Waals surface area contributed by atoms with Crippen LogP contribution in [0.25, 0.3) is 0 Å². The highest BCUT2D eigenvalue weighted by molar-refractivity contribution is 7.92. The Labute approximate surface area is 89.9 Å². The summed E-state index contributed by atoms with van der Waals surface area (Å²) in [6.45, 7) is 0. The summed E-state index contributed by atoms with van der Waals surface area (Å²) in [7, 11) is -1.60. The summed E-state index contributed by atoms with van der Waals surface area (Å²) in [5.74, 6) is -0.113. The first-order valence-electron chi connectivity index (χ1n) is 5.26. The van der Waals surface area contributed by atoms with Crippen molar-refractivity contribution in [3.8, 4) is 0 Å². The van der Waals surface area contributed by atoms with Gasteiger partial charge in [-0.3, -0.25) is 4.79 Å². The number of esters is 1. The zero-order valence-corrected chi connectivity index (χ0v) is 9.68. The predicted molar refractivity (Wildman–Crippen MR) is 55.1 cm³/mol. The molecular formula is C10H16O4S. The fourth-order valence-electron chi connectivity index (χ4n) is 1.90. The number of rotatable bonds is 5. The van der Waals surface area contributed by atoms with Crippen molar-refractivity contribution in [1.82, 2.24) is 0 Å². The molecule has 2 aliphatic carbocycles. The van der Waals surface area contributed by atoms with Crippen LogP contribution in [0.1, 0.15) is 32.1 Å². The van der Waals surface area contributed by atoms with Crippen LogP contribution in [-0.4, -0.2) is 32.5 Å². The van der Waals surface area contributed by atoms with Gasteiger partial charge in [0, 0.05) is 0 Å². The average molecular weight is 232 g/mol. The second-order valence-electron chi connectivity index (χ2n) is 4.76. The van der Waals surface area contributed by atoms with E-state index >= 15 is 0 Å². The highest BCUT2D eigenvalue weighted by Gasteiger charge is 2.50. The van der Waals surface area contributed by atoms with Gasteiger partial charge in [-0.25, -0.2) is 8.42 Å². The van der Waals surface area contributed by atoms with Crippen LogP contribution in [0.3, 0.4) is 0 Å². The van der Waals surface area contributed by atoms with Gasteiger partial charge in [0.15, 0.2) is 9.84 Å². The fourth-order valence-corrected chi connectivity index (χ4v) is 4.23. The number of carbonyl (C=O) groups is 1. The summed E-state index contributed by atoms with van der Waals surface area (Å²) in [5, 5.41) is -0.118. The first-order valence-corrected chi connectivity index (χ1v) is 6.97. The Morgan fingerprint density at radius 3 is 2.40 bits per heavy atom. The smallest absolute Gasteiger partial charge is 0.306 e. The van der Waals surface area contributed by atoms with E-state index in [-0.39, 0.29) is 28.8 Å².